The van der Waals surface area contributed by atoms with Crippen molar-refractivity contribution in [3.05, 3.63) is 21.9 Å². The van der Waals surface area contributed by atoms with E-state index in [4.69, 9.17) is 0 Å². The van der Waals surface area contributed by atoms with Gasteiger partial charge in [-0.3, -0.25) is 0 Å². The van der Waals surface area contributed by atoms with Gasteiger partial charge in [0.25, 0.3) is 0 Å². The van der Waals surface area contributed by atoms with Crippen molar-refractivity contribution in [1.29, 1.82) is 0 Å². The Bertz CT molecular complexity index is 356. The van der Waals surface area contributed by atoms with Gasteiger partial charge < -0.3 is 0 Å². The van der Waals surface area contributed by atoms with Crippen molar-refractivity contribution in [2.45, 2.75) is 30.6 Å². The Labute approximate surface area is 92.4 Å². The van der Waals surface area contributed by atoms with Crippen molar-refractivity contribution in [3.8, 4) is 0 Å². The molecular formula is C12H15S2+. The van der Waals surface area contributed by atoms with E-state index in [0.717, 1.165) is 0 Å². The first-order valence-electron chi connectivity index (χ1n) is 5.39. The van der Waals surface area contributed by atoms with Crippen molar-refractivity contribution < 1.29 is 0 Å². The highest BCUT2D eigenvalue weighted by Gasteiger charge is 2.31. The maximum absolute atomic E-state index is 2.44. The molecule has 1 aliphatic carbocycles. The lowest BCUT2D eigenvalue weighted by Crippen LogP contribution is -2.05. The Hall–Kier alpha value is -0.210. The van der Waals surface area contributed by atoms with Crippen molar-refractivity contribution in [1.82, 2.24) is 0 Å². The van der Waals surface area contributed by atoms with Crippen LogP contribution in [0.25, 0.3) is 6.08 Å². The second-order valence-corrected chi connectivity index (χ2v) is 7.19. The summed E-state index contributed by atoms with van der Waals surface area (Å²) in [6.45, 7) is 0. The molecule has 0 bridgehead atoms. The van der Waals surface area contributed by atoms with Gasteiger partial charge in [-0.2, -0.15) is 0 Å². The molecule has 0 spiro atoms. The zero-order valence-electron chi connectivity index (χ0n) is 8.29. The Kier molecular flexibility index (Phi) is 2.42. The lowest BCUT2D eigenvalue weighted by molar-refractivity contribution is 0.949. The van der Waals surface area contributed by atoms with Gasteiger partial charge in [-0.25, -0.2) is 0 Å². The van der Waals surface area contributed by atoms with Gasteiger partial charge in [-0.15, -0.1) is 11.3 Å². The first kappa shape index (κ1) is 9.05. The number of hydrogen-bond donors (Lipinski definition) is 0. The van der Waals surface area contributed by atoms with Crippen LogP contribution in [0.15, 0.2) is 16.4 Å². The van der Waals surface area contributed by atoms with Crippen molar-refractivity contribution in [2.75, 3.05) is 11.5 Å². The molecule has 1 aromatic heterocycles. The van der Waals surface area contributed by atoms with E-state index < -0.39 is 0 Å². The van der Waals surface area contributed by atoms with Crippen LogP contribution in [0.4, 0.5) is 0 Å². The van der Waals surface area contributed by atoms with Crippen LogP contribution in [0.3, 0.4) is 0 Å². The smallest absolute Gasteiger partial charge is 0.143 e. The van der Waals surface area contributed by atoms with Crippen LogP contribution in [0, 0.1) is 0 Å². The van der Waals surface area contributed by atoms with Crippen LogP contribution in [0.2, 0.25) is 0 Å². The topological polar surface area (TPSA) is 0 Å². The molecule has 2 heteroatoms. The highest BCUT2D eigenvalue weighted by molar-refractivity contribution is 7.97. The second kappa shape index (κ2) is 3.74. The summed E-state index contributed by atoms with van der Waals surface area (Å²) >= 11 is 1.99. The minimum absolute atomic E-state index is 0.610. The van der Waals surface area contributed by atoms with Gasteiger partial charge in [0, 0.05) is 26.7 Å². The van der Waals surface area contributed by atoms with E-state index in [1.165, 1.54) is 37.2 Å². The molecule has 1 saturated heterocycles. The third kappa shape index (κ3) is 1.45. The van der Waals surface area contributed by atoms with Crippen LogP contribution < -0.4 is 0 Å². The van der Waals surface area contributed by atoms with E-state index in [2.05, 4.69) is 17.5 Å². The van der Waals surface area contributed by atoms with Gasteiger partial charge >= 0.3 is 0 Å². The first-order chi connectivity index (χ1) is 6.95. The summed E-state index contributed by atoms with van der Waals surface area (Å²) in [6.07, 6.45) is 10.2. The molecule has 0 N–H and O–H groups in total. The lowest BCUT2D eigenvalue weighted by Gasteiger charge is -2.05. The lowest BCUT2D eigenvalue weighted by atomic mass is 10.1. The van der Waals surface area contributed by atoms with Crippen LogP contribution >= 0.6 is 11.3 Å². The van der Waals surface area contributed by atoms with Gasteiger partial charge in [0.15, 0.2) is 4.90 Å². The zero-order valence-corrected chi connectivity index (χ0v) is 9.92. The Morgan fingerprint density at radius 2 is 2.07 bits per heavy atom. The van der Waals surface area contributed by atoms with Gasteiger partial charge in [-0.05, 0) is 25.7 Å². The van der Waals surface area contributed by atoms with Crippen LogP contribution in [-0.2, 0) is 17.3 Å². The van der Waals surface area contributed by atoms with Gasteiger partial charge in [0.2, 0.25) is 0 Å². The third-order valence-electron chi connectivity index (χ3n) is 3.04. The van der Waals surface area contributed by atoms with E-state index in [1.54, 1.807) is 15.3 Å². The quantitative estimate of drug-likeness (QED) is 0.639. The molecule has 3 rings (SSSR count). The van der Waals surface area contributed by atoms with Crippen LogP contribution in [0.5, 0.6) is 0 Å². The predicted octanol–water partition coefficient (Wildman–Crippen LogP) is 3.48. The molecule has 0 unspecified atom stereocenters. The third-order valence-corrected chi connectivity index (χ3v) is 6.77. The van der Waals surface area contributed by atoms with Crippen LogP contribution in [-0.4, -0.2) is 11.5 Å². The monoisotopic (exact) mass is 223 g/mol. The fourth-order valence-corrected chi connectivity index (χ4v) is 6.19. The zero-order chi connectivity index (χ0) is 9.38. The average molecular weight is 223 g/mol. The number of rotatable bonds is 1. The maximum atomic E-state index is 2.44. The summed E-state index contributed by atoms with van der Waals surface area (Å²) in [5.41, 5.74) is 1.60. The largest absolute Gasteiger partial charge is 0.173 e. The highest BCUT2D eigenvalue weighted by atomic mass is 32.2. The van der Waals surface area contributed by atoms with E-state index >= 15 is 0 Å². The normalized spacial score (nSPS) is 21.4. The Morgan fingerprint density at radius 3 is 2.93 bits per heavy atom. The van der Waals surface area contributed by atoms with E-state index in [0.29, 0.717) is 10.9 Å². The van der Waals surface area contributed by atoms with E-state index in [-0.39, 0.29) is 0 Å². The fraction of sp³-hybridized carbons (Fsp3) is 0.500. The van der Waals surface area contributed by atoms with Crippen molar-refractivity contribution >= 4 is 28.3 Å². The van der Waals surface area contributed by atoms with E-state index in [9.17, 15) is 0 Å². The molecule has 1 aliphatic heterocycles. The summed E-state index contributed by atoms with van der Waals surface area (Å²) in [4.78, 5) is 3.33. The molecule has 0 aromatic carbocycles. The van der Waals surface area contributed by atoms with E-state index in [1.807, 2.05) is 11.3 Å². The van der Waals surface area contributed by atoms with Gasteiger partial charge in [0.1, 0.15) is 11.5 Å². The number of thiophene rings is 1. The summed E-state index contributed by atoms with van der Waals surface area (Å²) in [7, 11) is 0.610. The molecule has 2 heterocycles. The fourth-order valence-electron chi connectivity index (χ4n) is 2.27. The van der Waals surface area contributed by atoms with Gasteiger partial charge in [-0.1, -0.05) is 12.2 Å². The molecular weight excluding hydrogens is 208 g/mol. The van der Waals surface area contributed by atoms with Crippen LogP contribution in [0.1, 0.15) is 29.7 Å². The summed E-state index contributed by atoms with van der Waals surface area (Å²) < 4.78 is 0. The molecule has 74 valence electrons. The predicted molar refractivity (Wildman–Crippen MR) is 66.3 cm³/mol. The molecule has 1 fully saturated rings. The van der Waals surface area contributed by atoms with Crippen molar-refractivity contribution in [2.24, 2.45) is 0 Å². The maximum Gasteiger partial charge on any atom is 0.173 e. The summed E-state index contributed by atoms with van der Waals surface area (Å²) in [6, 6.07) is 0. The molecule has 0 saturated carbocycles. The molecule has 0 radical (unpaired) electrons. The first-order valence-corrected chi connectivity index (χ1v) is 7.84. The van der Waals surface area contributed by atoms with Crippen molar-refractivity contribution in [3.63, 3.8) is 0 Å². The molecule has 0 nitrogen and oxygen atoms in total. The minimum atomic E-state index is 0.610. The minimum Gasteiger partial charge on any atom is -0.143 e. The molecule has 2 aliphatic rings. The summed E-state index contributed by atoms with van der Waals surface area (Å²) in [5, 5.41) is 2.44. The number of aryl methyl sites for hydroxylation is 1. The molecule has 1 aromatic rings. The Balaban J connectivity index is 1.98. The second-order valence-electron chi connectivity index (χ2n) is 3.99. The van der Waals surface area contributed by atoms with Gasteiger partial charge in [0.05, 0.1) is 0 Å². The summed E-state index contributed by atoms with van der Waals surface area (Å²) in [5.74, 6) is 2.91. The molecule has 14 heavy (non-hydrogen) atoms. The average Bonchev–Trinajstić information content (AvgIpc) is 2.85. The molecule has 0 amide bonds. The standard InChI is InChI=1S/C12H15S2/c1-2-6-11-10(5-1)12(9-13-11)14-7-3-4-8-14/h1,5,9H,2-4,6-8H2/q+1. The SMILES string of the molecule is C1=Cc2c([S+]3CCCC3)csc2CC1. The molecule has 0 atom stereocenters. The highest BCUT2D eigenvalue weighted by Crippen LogP contribution is 2.35. The Morgan fingerprint density at radius 1 is 1.21 bits per heavy atom. The number of fused-ring (bicyclic) bond motifs is 1. The number of hydrogen-bond acceptors (Lipinski definition) is 1. The number of allylic oxidation sites excluding steroid dienone is 1.